The zero-order valence-corrected chi connectivity index (χ0v) is 15.9. The number of benzene rings is 1. The number of hydrogen-bond acceptors (Lipinski definition) is 5. The first-order chi connectivity index (χ1) is 13.6. The van der Waals surface area contributed by atoms with E-state index < -0.39 is 6.10 Å². The molecular formula is C21H24FN5O. The maximum absolute atomic E-state index is 13.2. The van der Waals surface area contributed by atoms with Crippen LogP contribution < -0.4 is 4.90 Å². The average molecular weight is 381 g/mol. The van der Waals surface area contributed by atoms with Crippen molar-refractivity contribution in [3.8, 4) is 5.95 Å². The van der Waals surface area contributed by atoms with Crippen LogP contribution in [0.25, 0.3) is 5.95 Å². The average Bonchev–Trinajstić information content (AvgIpc) is 3.21. The van der Waals surface area contributed by atoms with Gasteiger partial charge in [0.05, 0.1) is 17.5 Å². The summed E-state index contributed by atoms with van der Waals surface area (Å²) in [5.41, 5.74) is 2.42. The first-order valence-electron chi connectivity index (χ1n) is 9.70. The molecule has 6 nitrogen and oxygen atoms in total. The predicted molar refractivity (Wildman–Crippen MR) is 105 cm³/mol. The molecule has 0 aliphatic carbocycles. The van der Waals surface area contributed by atoms with E-state index >= 15 is 0 Å². The quantitative estimate of drug-likeness (QED) is 0.733. The van der Waals surface area contributed by atoms with E-state index in [1.165, 1.54) is 18.6 Å². The van der Waals surface area contributed by atoms with Crippen molar-refractivity contribution in [2.75, 3.05) is 18.0 Å². The fourth-order valence-electron chi connectivity index (χ4n) is 3.43. The minimum Gasteiger partial charge on any atom is -0.387 e. The Labute approximate surface area is 163 Å². The summed E-state index contributed by atoms with van der Waals surface area (Å²) < 4.78 is 14.8. The lowest BCUT2D eigenvalue weighted by atomic mass is 10.1. The third-order valence-corrected chi connectivity index (χ3v) is 4.98. The first-order valence-corrected chi connectivity index (χ1v) is 9.70. The highest BCUT2D eigenvalue weighted by Crippen LogP contribution is 2.21. The number of piperidine rings is 1. The Morgan fingerprint density at radius 1 is 1.07 bits per heavy atom. The Morgan fingerprint density at radius 2 is 1.82 bits per heavy atom. The number of hydrogen-bond donors (Lipinski definition) is 1. The fraction of sp³-hybridized carbons (Fsp3) is 0.381. The Balaban J connectivity index is 1.70. The van der Waals surface area contributed by atoms with Gasteiger partial charge in [0.15, 0.2) is 0 Å². The largest absolute Gasteiger partial charge is 0.387 e. The summed E-state index contributed by atoms with van der Waals surface area (Å²) in [6.45, 7) is 3.63. The fourth-order valence-corrected chi connectivity index (χ4v) is 3.43. The molecule has 0 saturated carbocycles. The number of aromatic nitrogens is 4. The standard InChI is InChI=1S/C21H24FN5O/c1-15(28)19-9-12-27(25-19)21-23-18(13-16-5-7-17(22)8-6-16)14-20(24-21)26-10-3-2-4-11-26/h5-9,12,14-15,28H,2-4,10-11,13H2,1H3. The van der Waals surface area contributed by atoms with Crippen molar-refractivity contribution in [3.05, 3.63) is 65.4 Å². The molecule has 4 rings (SSSR count). The highest BCUT2D eigenvalue weighted by Gasteiger charge is 2.16. The molecule has 1 atom stereocenters. The summed E-state index contributed by atoms with van der Waals surface area (Å²) >= 11 is 0. The van der Waals surface area contributed by atoms with E-state index in [1.807, 2.05) is 6.07 Å². The van der Waals surface area contributed by atoms with Gasteiger partial charge in [-0.2, -0.15) is 10.1 Å². The molecule has 7 heteroatoms. The summed E-state index contributed by atoms with van der Waals surface area (Å²) in [5, 5.41) is 14.2. The zero-order chi connectivity index (χ0) is 19.5. The third kappa shape index (κ3) is 4.20. The lowest BCUT2D eigenvalue weighted by molar-refractivity contribution is 0.193. The molecule has 0 amide bonds. The molecule has 1 aliphatic heterocycles. The topological polar surface area (TPSA) is 67.1 Å². The van der Waals surface area contributed by atoms with Gasteiger partial charge in [-0.05, 0) is 49.9 Å². The van der Waals surface area contributed by atoms with Gasteiger partial charge in [-0.3, -0.25) is 0 Å². The molecule has 1 aliphatic rings. The van der Waals surface area contributed by atoms with Crippen LogP contribution in [-0.2, 0) is 6.42 Å². The van der Waals surface area contributed by atoms with Gasteiger partial charge >= 0.3 is 0 Å². The van der Waals surface area contributed by atoms with Crippen molar-refractivity contribution in [2.45, 2.75) is 38.7 Å². The van der Waals surface area contributed by atoms with Crippen molar-refractivity contribution >= 4 is 5.82 Å². The molecule has 1 fully saturated rings. The molecule has 146 valence electrons. The number of aliphatic hydroxyl groups excluding tert-OH is 1. The summed E-state index contributed by atoms with van der Waals surface area (Å²) in [6.07, 6.45) is 5.25. The lowest BCUT2D eigenvalue weighted by Crippen LogP contribution is -2.30. The number of rotatable bonds is 5. The molecule has 0 spiro atoms. The first kappa shape index (κ1) is 18.6. The van der Waals surface area contributed by atoms with E-state index in [0.717, 1.165) is 43.0 Å². The molecule has 3 aromatic rings. The number of halogens is 1. The van der Waals surface area contributed by atoms with E-state index in [4.69, 9.17) is 4.98 Å². The van der Waals surface area contributed by atoms with Gasteiger partial charge in [-0.15, -0.1) is 0 Å². The van der Waals surface area contributed by atoms with Gasteiger partial charge in [0, 0.05) is 31.8 Å². The predicted octanol–water partition coefficient (Wildman–Crippen LogP) is 3.44. The third-order valence-electron chi connectivity index (χ3n) is 4.98. The van der Waals surface area contributed by atoms with Crippen LogP contribution in [0.1, 0.15) is 49.2 Å². The van der Waals surface area contributed by atoms with Crippen LogP contribution in [0.3, 0.4) is 0 Å². The molecule has 0 bridgehead atoms. The van der Waals surface area contributed by atoms with Crippen LogP contribution in [0.15, 0.2) is 42.6 Å². The van der Waals surface area contributed by atoms with Crippen molar-refractivity contribution in [1.82, 2.24) is 19.7 Å². The number of aliphatic hydroxyl groups is 1. The zero-order valence-electron chi connectivity index (χ0n) is 15.9. The highest BCUT2D eigenvalue weighted by atomic mass is 19.1. The van der Waals surface area contributed by atoms with E-state index in [0.29, 0.717) is 18.1 Å². The Morgan fingerprint density at radius 3 is 2.50 bits per heavy atom. The number of anilines is 1. The molecule has 28 heavy (non-hydrogen) atoms. The van der Waals surface area contributed by atoms with Crippen LogP contribution in [0, 0.1) is 5.82 Å². The molecular weight excluding hydrogens is 357 g/mol. The molecule has 2 aromatic heterocycles. The molecule has 1 aromatic carbocycles. The van der Waals surface area contributed by atoms with Gasteiger partial charge in [-0.25, -0.2) is 14.1 Å². The Hall–Kier alpha value is -2.80. The Kier molecular flexibility index (Phi) is 5.34. The van der Waals surface area contributed by atoms with Crippen LogP contribution in [0.4, 0.5) is 10.2 Å². The van der Waals surface area contributed by atoms with Gasteiger partial charge in [-0.1, -0.05) is 12.1 Å². The van der Waals surface area contributed by atoms with Gasteiger partial charge in [0.25, 0.3) is 5.95 Å². The minimum atomic E-state index is -0.648. The highest BCUT2D eigenvalue weighted by molar-refractivity contribution is 5.43. The summed E-state index contributed by atoms with van der Waals surface area (Å²) in [5.74, 6) is 1.12. The van der Waals surface area contributed by atoms with E-state index in [9.17, 15) is 9.50 Å². The van der Waals surface area contributed by atoms with Crippen molar-refractivity contribution in [2.24, 2.45) is 0 Å². The van der Waals surface area contributed by atoms with E-state index in [2.05, 4.69) is 15.0 Å². The van der Waals surface area contributed by atoms with Gasteiger partial charge < -0.3 is 10.0 Å². The lowest BCUT2D eigenvalue weighted by Gasteiger charge is -2.28. The molecule has 1 saturated heterocycles. The molecule has 0 radical (unpaired) electrons. The maximum atomic E-state index is 13.2. The SMILES string of the molecule is CC(O)c1ccn(-c2nc(Cc3ccc(F)cc3)cc(N3CCCCC3)n2)n1. The van der Waals surface area contributed by atoms with Gasteiger partial charge in [0.1, 0.15) is 11.6 Å². The van der Waals surface area contributed by atoms with Crippen LogP contribution >= 0.6 is 0 Å². The summed E-state index contributed by atoms with van der Waals surface area (Å²) in [4.78, 5) is 11.7. The van der Waals surface area contributed by atoms with Gasteiger partial charge in [0.2, 0.25) is 0 Å². The Bertz CT molecular complexity index is 932. The molecule has 1 N–H and O–H groups in total. The summed E-state index contributed by atoms with van der Waals surface area (Å²) in [6, 6.07) is 10.3. The molecule has 3 heterocycles. The van der Waals surface area contributed by atoms with E-state index in [-0.39, 0.29) is 5.82 Å². The van der Waals surface area contributed by atoms with Crippen molar-refractivity contribution < 1.29 is 9.50 Å². The van der Waals surface area contributed by atoms with Crippen LogP contribution in [0.5, 0.6) is 0 Å². The maximum Gasteiger partial charge on any atom is 0.252 e. The second-order valence-corrected chi connectivity index (χ2v) is 7.23. The number of nitrogens with zero attached hydrogens (tertiary/aromatic N) is 5. The van der Waals surface area contributed by atoms with Crippen LogP contribution in [-0.4, -0.2) is 37.9 Å². The second kappa shape index (κ2) is 8.06. The second-order valence-electron chi connectivity index (χ2n) is 7.23. The van der Waals surface area contributed by atoms with Crippen LogP contribution in [0.2, 0.25) is 0 Å². The normalized spacial score (nSPS) is 15.6. The van der Waals surface area contributed by atoms with Crippen molar-refractivity contribution in [3.63, 3.8) is 0 Å². The summed E-state index contributed by atoms with van der Waals surface area (Å²) in [7, 11) is 0. The molecule has 1 unspecified atom stereocenters. The van der Waals surface area contributed by atoms with Crippen molar-refractivity contribution in [1.29, 1.82) is 0 Å². The van der Waals surface area contributed by atoms with E-state index in [1.54, 1.807) is 36.0 Å². The minimum absolute atomic E-state index is 0.247. The monoisotopic (exact) mass is 381 g/mol. The smallest absolute Gasteiger partial charge is 0.252 e.